The van der Waals surface area contributed by atoms with Crippen molar-refractivity contribution in [1.29, 1.82) is 0 Å². The van der Waals surface area contributed by atoms with E-state index in [0.29, 0.717) is 19.7 Å². The average molecular weight is 310 g/mol. The Morgan fingerprint density at radius 1 is 1.27 bits per heavy atom. The molecule has 0 aliphatic carbocycles. The molecule has 0 aliphatic rings. The van der Waals surface area contributed by atoms with Crippen molar-refractivity contribution in [2.75, 3.05) is 19.7 Å². The molecular formula is C17H27FN2O2. The van der Waals surface area contributed by atoms with E-state index in [9.17, 15) is 9.18 Å². The van der Waals surface area contributed by atoms with E-state index in [1.165, 1.54) is 12.1 Å². The van der Waals surface area contributed by atoms with E-state index in [4.69, 9.17) is 4.74 Å². The zero-order chi connectivity index (χ0) is 16.5. The molecule has 1 aromatic carbocycles. The quantitative estimate of drug-likeness (QED) is 0.743. The standard InChI is InChI=1S/C17H27FN2O2/c1-5-20(14(4)15-7-9-16(18)10-8-15)17(21)19-11-6-12-22-13(2)3/h7-10,13-14H,5-6,11-12H2,1-4H3,(H,19,21). The molecular weight excluding hydrogens is 283 g/mol. The number of benzene rings is 1. The van der Waals surface area contributed by atoms with Gasteiger partial charge in [0.2, 0.25) is 0 Å². The highest BCUT2D eigenvalue weighted by Gasteiger charge is 2.19. The summed E-state index contributed by atoms with van der Waals surface area (Å²) in [4.78, 5) is 14.0. The van der Waals surface area contributed by atoms with Gasteiger partial charge in [0, 0.05) is 19.7 Å². The van der Waals surface area contributed by atoms with Crippen molar-refractivity contribution in [3.63, 3.8) is 0 Å². The van der Waals surface area contributed by atoms with Gasteiger partial charge in [-0.05, 0) is 51.8 Å². The molecule has 0 saturated carbocycles. The van der Waals surface area contributed by atoms with Gasteiger partial charge in [-0.1, -0.05) is 12.1 Å². The van der Waals surface area contributed by atoms with E-state index >= 15 is 0 Å². The van der Waals surface area contributed by atoms with E-state index in [0.717, 1.165) is 12.0 Å². The number of hydrogen-bond acceptors (Lipinski definition) is 2. The van der Waals surface area contributed by atoms with Crippen molar-refractivity contribution >= 4 is 6.03 Å². The number of halogens is 1. The SMILES string of the molecule is CCN(C(=O)NCCCOC(C)C)C(C)c1ccc(F)cc1. The van der Waals surface area contributed by atoms with Gasteiger partial charge in [-0.25, -0.2) is 9.18 Å². The van der Waals surface area contributed by atoms with Gasteiger partial charge in [0.1, 0.15) is 5.82 Å². The summed E-state index contributed by atoms with van der Waals surface area (Å²) in [6.07, 6.45) is 0.994. The van der Waals surface area contributed by atoms with E-state index in [1.54, 1.807) is 17.0 Å². The van der Waals surface area contributed by atoms with Crippen LogP contribution in [0.25, 0.3) is 0 Å². The number of carbonyl (C=O) groups excluding carboxylic acids is 1. The van der Waals surface area contributed by atoms with Gasteiger partial charge < -0.3 is 15.0 Å². The Morgan fingerprint density at radius 3 is 2.45 bits per heavy atom. The highest BCUT2D eigenvalue weighted by Crippen LogP contribution is 2.20. The molecule has 5 heteroatoms. The minimum absolute atomic E-state index is 0.0995. The molecule has 1 aromatic rings. The third kappa shape index (κ3) is 6.02. The van der Waals surface area contributed by atoms with Gasteiger partial charge in [-0.15, -0.1) is 0 Å². The summed E-state index contributed by atoms with van der Waals surface area (Å²) in [6, 6.07) is 6.06. The van der Waals surface area contributed by atoms with E-state index in [-0.39, 0.29) is 24.0 Å². The fourth-order valence-electron chi connectivity index (χ4n) is 2.20. The zero-order valence-electron chi connectivity index (χ0n) is 13.9. The molecule has 1 atom stereocenters. The Balaban J connectivity index is 2.48. The topological polar surface area (TPSA) is 41.6 Å². The number of carbonyl (C=O) groups is 1. The maximum atomic E-state index is 13.0. The molecule has 1 rings (SSSR count). The maximum Gasteiger partial charge on any atom is 0.317 e. The molecule has 4 nitrogen and oxygen atoms in total. The third-order valence-corrected chi connectivity index (χ3v) is 3.47. The molecule has 0 aromatic heterocycles. The van der Waals surface area contributed by atoms with Crippen LogP contribution in [0.4, 0.5) is 9.18 Å². The average Bonchev–Trinajstić information content (AvgIpc) is 2.48. The summed E-state index contributed by atoms with van der Waals surface area (Å²) in [5.41, 5.74) is 0.918. The second kappa shape index (κ2) is 9.41. The van der Waals surface area contributed by atoms with Gasteiger partial charge in [0.25, 0.3) is 0 Å². The van der Waals surface area contributed by atoms with Crippen LogP contribution < -0.4 is 5.32 Å². The first kappa shape index (κ1) is 18.4. The normalized spacial score (nSPS) is 12.3. The van der Waals surface area contributed by atoms with Gasteiger partial charge in [-0.2, -0.15) is 0 Å². The molecule has 22 heavy (non-hydrogen) atoms. The number of urea groups is 1. The lowest BCUT2D eigenvalue weighted by Gasteiger charge is -2.28. The number of nitrogens with zero attached hydrogens (tertiary/aromatic N) is 1. The molecule has 0 saturated heterocycles. The van der Waals surface area contributed by atoms with Crippen LogP contribution >= 0.6 is 0 Å². The molecule has 0 aliphatic heterocycles. The van der Waals surface area contributed by atoms with Crippen LogP contribution in [0.5, 0.6) is 0 Å². The Bertz CT molecular complexity index is 448. The molecule has 0 radical (unpaired) electrons. The lowest BCUT2D eigenvalue weighted by atomic mass is 10.1. The van der Waals surface area contributed by atoms with Gasteiger partial charge in [0.15, 0.2) is 0 Å². The highest BCUT2D eigenvalue weighted by molar-refractivity contribution is 5.74. The van der Waals surface area contributed by atoms with Crippen molar-refractivity contribution in [1.82, 2.24) is 10.2 Å². The van der Waals surface area contributed by atoms with Crippen molar-refractivity contribution in [2.24, 2.45) is 0 Å². The monoisotopic (exact) mass is 310 g/mol. The number of nitrogens with one attached hydrogen (secondary N) is 1. The molecule has 1 unspecified atom stereocenters. The third-order valence-electron chi connectivity index (χ3n) is 3.47. The van der Waals surface area contributed by atoms with E-state index < -0.39 is 0 Å². The molecule has 0 bridgehead atoms. The lowest BCUT2D eigenvalue weighted by molar-refractivity contribution is 0.0771. The fraction of sp³-hybridized carbons (Fsp3) is 0.588. The van der Waals surface area contributed by atoms with Crippen LogP contribution in [0, 0.1) is 5.82 Å². The van der Waals surface area contributed by atoms with Gasteiger partial charge in [-0.3, -0.25) is 0 Å². The first-order valence-corrected chi connectivity index (χ1v) is 7.87. The minimum atomic E-state index is -0.270. The Kier molecular flexibility index (Phi) is 7.88. The predicted molar refractivity (Wildman–Crippen MR) is 86.3 cm³/mol. The molecule has 2 amide bonds. The van der Waals surface area contributed by atoms with Crippen LogP contribution in [0.3, 0.4) is 0 Å². The number of ether oxygens (including phenoxy) is 1. The predicted octanol–water partition coefficient (Wildman–Crippen LogP) is 3.73. The second-order valence-electron chi connectivity index (χ2n) is 5.52. The van der Waals surface area contributed by atoms with Crippen LogP contribution in [0.15, 0.2) is 24.3 Å². The summed E-state index contributed by atoms with van der Waals surface area (Å²) in [5, 5.41) is 2.90. The number of amides is 2. The summed E-state index contributed by atoms with van der Waals surface area (Å²) in [6.45, 7) is 9.66. The van der Waals surface area contributed by atoms with Crippen LogP contribution in [0.1, 0.15) is 45.7 Å². The molecule has 0 spiro atoms. The van der Waals surface area contributed by atoms with Gasteiger partial charge in [0.05, 0.1) is 12.1 Å². The van der Waals surface area contributed by atoms with Gasteiger partial charge >= 0.3 is 6.03 Å². The summed E-state index contributed by atoms with van der Waals surface area (Å²) in [7, 11) is 0. The van der Waals surface area contributed by atoms with E-state index in [1.807, 2.05) is 27.7 Å². The summed E-state index contributed by atoms with van der Waals surface area (Å²) < 4.78 is 18.4. The Hall–Kier alpha value is -1.62. The fourth-order valence-corrected chi connectivity index (χ4v) is 2.20. The van der Waals surface area contributed by atoms with Crippen LogP contribution in [0.2, 0.25) is 0 Å². The lowest BCUT2D eigenvalue weighted by Crippen LogP contribution is -2.41. The first-order chi connectivity index (χ1) is 10.5. The molecule has 0 heterocycles. The van der Waals surface area contributed by atoms with Crippen molar-refractivity contribution in [3.8, 4) is 0 Å². The summed E-state index contributed by atoms with van der Waals surface area (Å²) >= 11 is 0. The largest absolute Gasteiger partial charge is 0.379 e. The Morgan fingerprint density at radius 2 is 1.91 bits per heavy atom. The zero-order valence-corrected chi connectivity index (χ0v) is 13.9. The second-order valence-corrected chi connectivity index (χ2v) is 5.52. The maximum absolute atomic E-state index is 13.0. The van der Waals surface area contributed by atoms with Crippen LogP contribution in [-0.4, -0.2) is 36.7 Å². The van der Waals surface area contributed by atoms with E-state index in [2.05, 4.69) is 5.32 Å². The van der Waals surface area contributed by atoms with Crippen molar-refractivity contribution in [2.45, 2.75) is 46.3 Å². The first-order valence-electron chi connectivity index (χ1n) is 7.87. The van der Waals surface area contributed by atoms with Crippen molar-refractivity contribution < 1.29 is 13.9 Å². The Labute approximate surface area is 132 Å². The minimum Gasteiger partial charge on any atom is -0.379 e. The van der Waals surface area contributed by atoms with Crippen molar-refractivity contribution in [3.05, 3.63) is 35.6 Å². The smallest absolute Gasteiger partial charge is 0.317 e. The molecule has 124 valence electrons. The van der Waals surface area contributed by atoms with Crippen LogP contribution in [-0.2, 0) is 4.74 Å². The summed E-state index contributed by atoms with van der Waals surface area (Å²) in [5.74, 6) is -0.270. The number of hydrogen-bond donors (Lipinski definition) is 1. The molecule has 0 fully saturated rings. The molecule has 1 N–H and O–H groups in total. The number of rotatable bonds is 8. The highest BCUT2D eigenvalue weighted by atomic mass is 19.1.